The van der Waals surface area contributed by atoms with Gasteiger partial charge in [-0.15, -0.1) is 0 Å². The summed E-state index contributed by atoms with van der Waals surface area (Å²) in [4.78, 5) is 10.7. The van der Waals surface area contributed by atoms with Crippen LogP contribution >= 0.6 is 15.9 Å². The standard InChI is InChI=1S/C13H16BrNO4/c14-9-6-7-12(17)10(8-9)11(16)4-2-1-3-5-13(18)15-19/h3,5-8,11,16-17,19H,1-2,4H2,(H,15,18)/b5-3+/t11-/m1/s1. The minimum atomic E-state index is -0.752. The van der Waals surface area contributed by atoms with Crippen LogP contribution in [0, 0.1) is 0 Å². The van der Waals surface area contributed by atoms with Crippen molar-refractivity contribution in [3.63, 3.8) is 0 Å². The van der Waals surface area contributed by atoms with Gasteiger partial charge in [-0.3, -0.25) is 10.0 Å². The number of halogens is 1. The first kappa shape index (κ1) is 15.7. The van der Waals surface area contributed by atoms with Crippen LogP contribution in [0.5, 0.6) is 5.75 Å². The molecule has 1 amide bonds. The predicted octanol–water partition coefficient (Wildman–Crippen LogP) is 2.42. The van der Waals surface area contributed by atoms with E-state index >= 15 is 0 Å². The van der Waals surface area contributed by atoms with Gasteiger partial charge in [0.05, 0.1) is 6.10 Å². The number of nitrogens with one attached hydrogen (secondary N) is 1. The quantitative estimate of drug-likeness (QED) is 0.279. The molecule has 1 aromatic rings. The maximum Gasteiger partial charge on any atom is 0.267 e. The molecule has 4 N–H and O–H groups in total. The van der Waals surface area contributed by atoms with E-state index < -0.39 is 12.0 Å². The molecule has 1 atom stereocenters. The average Bonchev–Trinajstić information content (AvgIpc) is 2.40. The first-order valence-electron chi connectivity index (χ1n) is 5.81. The summed E-state index contributed by atoms with van der Waals surface area (Å²) in [6.07, 6.45) is 3.80. The molecule has 0 aromatic heterocycles. The molecule has 5 nitrogen and oxygen atoms in total. The van der Waals surface area contributed by atoms with Gasteiger partial charge < -0.3 is 10.2 Å². The molecule has 1 rings (SSSR count). The number of carbonyl (C=O) groups excluding carboxylic acids is 1. The minimum Gasteiger partial charge on any atom is -0.508 e. The lowest BCUT2D eigenvalue weighted by molar-refractivity contribution is -0.124. The third kappa shape index (κ3) is 5.42. The number of phenolic OH excluding ortho intramolecular Hbond substituents is 1. The number of allylic oxidation sites excluding steroid dienone is 1. The molecule has 0 radical (unpaired) electrons. The highest BCUT2D eigenvalue weighted by Crippen LogP contribution is 2.30. The second-order valence-corrected chi connectivity index (χ2v) is 4.94. The Hall–Kier alpha value is -1.37. The molecular formula is C13H16BrNO4. The van der Waals surface area contributed by atoms with E-state index in [1.165, 1.54) is 17.6 Å². The van der Waals surface area contributed by atoms with Gasteiger partial charge in [0.2, 0.25) is 0 Å². The van der Waals surface area contributed by atoms with Crippen molar-refractivity contribution in [1.29, 1.82) is 0 Å². The van der Waals surface area contributed by atoms with Crippen LogP contribution < -0.4 is 5.48 Å². The first-order chi connectivity index (χ1) is 9.04. The Kier molecular flexibility index (Phi) is 6.55. The van der Waals surface area contributed by atoms with Crippen molar-refractivity contribution in [2.75, 3.05) is 0 Å². The van der Waals surface area contributed by atoms with Gasteiger partial charge in [-0.1, -0.05) is 22.0 Å². The summed E-state index contributed by atoms with van der Waals surface area (Å²) in [5.41, 5.74) is 1.97. The van der Waals surface area contributed by atoms with Gasteiger partial charge in [0.25, 0.3) is 5.91 Å². The highest BCUT2D eigenvalue weighted by molar-refractivity contribution is 9.10. The highest BCUT2D eigenvalue weighted by atomic mass is 79.9. The molecule has 0 saturated heterocycles. The lowest BCUT2D eigenvalue weighted by atomic mass is 10.0. The molecule has 0 saturated carbocycles. The van der Waals surface area contributed by atoms with Gasteiger partial charge in [0.15, 0.2) is 0 Å². The summed E-state index contributed by atoms with van der Waals surface area (Å²) >= 11 is 3.28. The number of carbonyl (C=O) groups is 1. The second kappa shape index (κ2) is 7.93. The number of aliphatic hydroxyl groups is 1. The van der Waals surface area contributed by atoms with Gasteiger partial charge in [0, 0.05) is 16.1 Å². The Balaban J connectivity index is 2.43. The molecule has 19 heavy (non-hydrogen) atoms. The van der Waals surface area contributed by atoms with E-state index in [9.17, 15) is 15.0 Å². The van der Waals surface area contributed by atoms with Crippen molar-refractivity contribution < 1.29 is 20.2 Å². The van der Waals surface area contributed by atoms with Gasteiger partial charge in [-0.2, -0.15) is 0 Å². The van der Waals surface area contributed by atoms with E-state index in [0.717, 1.165) is 4.47 Å². The highest BCUT2D eigenvalue weighted by Gasteiger charge is 2.12. The maximum absolute atomic E-state index is 10.7. The fraction of sp³-hybridized carbons (Fsp3) is 0.308. The average molecular weight is 330 g/mol. The fourth-order valence-electron chi connectivity index (χ4n) is 1.60. The predicted molar refractivity (Wildman–Crippen MR) is 73.7 cm³/mol. The molecule has 104 valence electrons. The number of rotatable bonds is 6. The molecule has 6 heteroatoms. The SMILES string of the molecule is O=C(/C=C/CCC[C@@H](O)c1cc(Br)ccc1O)NO. The number of unbranched alkanes of at least 4 members (excludes halogenated alkanes) is 1. The van der Waals surface area contributed by atoms with Crippen LogP contribution in [-0.4, -0.2) is 21.3 Å². The minimum absolute atomic E-state index is 0.0610. The molecule has 0 heterocycles. The Morgan fingerprint density at radius 2 is 2.21 bits per heavy atom. The summed E-state index contributed by atoms with van der Waals surface area (Å²) in [5, 5.41) is 27.9. The number of hydrogen-bond donors (Lipinski definition) is 4. The van der Waals surface area contributed by atoms with E-state index in [-0.39, 0.29) is 5.75 Å². The van der Waals surface area contributed by atoms with Crippen LogP contribution in [0.2, 0.25) is 0 Å². The summed E-state index contributed by atoms with van der Waals surface area (Å²) in [5.74, 6) is -0.518. The largest absolute Gasteiger partial charge is 0.508 e. The molecule has 1 aromatic carbocycles. The van der Waals surface area contributed by atoms with Crippen LogP contribution in [0.1, 0.15) is 30.9 Å². The van der Waals surface area contributed by atoms with Crippen molar-refractivity contribution in [3.8, 4) is 5.75 Å². The summed E-state index contributed by atoms with van der Waals surface area (Å²) in [6, 6.07) is 4.89. The Bertz CT molecular complexity index is 462. The summed E-state index contributed by atoms with van der Waals surface area (Å²) < 4.78 is 0.791. The molecule has 0 aliphatic heterocycles. The van der Waals surface area contributed by atoms with E-state index in [2.05, 4.69) is 15.9 Å². The third-order valence-corrected chi connectivity index (χ3v) is 3.07. The van der Waals surface area contributed by atoms with E-state index in [0.29, 0.717) is 24.8 Å². The smallest absolute Gasteiger partial charge is 0.267 e. The first-order valence-corrected chi connectivity index (χ1v) is 6.61. The topological polar surface area (TPSA) is 89.8 Å². The number of phenols is 1. The van der Waals surface area contributed by atoms with Crippen LogP contribution in [0.4, 0.5) is 0 Å². The van der Waals surface area contributed by atoms with E-state index in [4.69, 9.17) is 5.21 Å². The van der Waals surface area contributed by atoms with Crippen LogP contribution in [-0.2, 0) is 4.79 Å². The van der Waals surface area contributed by atoms with Crippen LogP contribution in [0.3, 0.4) is 0 Å². The number of aromatic hydroxyl groups is 1. The number of aliphatic hydroxyl groups excluding tert-OH is 1. The Morgan fingerprint density at radius 1 is 1.47 bits per heavy atom. The molecule has 0 aliphatic rings. The molecule has 0 unspecified atom stereocenters. The third-order valence-electron chi connectivity index (χ3n) is 2.58. The Labute approximate surface area is 119 Å². The van der Waals surface area contributed by atoms with Crippen molar-refractivity contribution in [2.45, 2.75) is 25.4 Å². The van der Waals surface area contributed by atoms with E-state index in [1.54, 1.807) is 18.2 Å². The molecule has 0 aliphatic carbocycles. The van der Waals surface area contributed by atoms with Gasteiger partial charge >= 0.3 is 0 Å². The number of amides is 1. The maximum atomic E-state index is 10.7. The number of benzene rings is 1. The monoisotopic (exact) mass is 329 g/mol. The summed E-state index contributed by atoms with van der Waals surface area (Å²) in [7, 11) is 0. The van der Waals surface area contributed by atoms with Gasteiger partial charge in [-0.25, -0.2) is 5.48 Å². The van der Waals surface area contributed by atoms with Gasteiger partial charge in [0.1, 0.15) is 5.75 Å². The second-order valence-electron chi connectivity index (χ2n) is 4.03. The van der Waals surface area contributed by atoms with Gasteiger partial charge in [-0.05, 0) is 37.5 Å². The molecule has 0 bridgehead atoms. The van der Waals surface area contributed by atoms with Crippen LogP contribution in [0.25, 0.3) is 0 Å². The number of hydrogen-bond acceptors (Lipinski definition) is 4. The number of hydroxylamine groups is 1. The zero-order chi connectivity index (χ0) is 14.3. The lowest BCUT2D eigenvalue weighted by Crippen LogP contribution is -2.14. The van der Waals surface area contributed by atoms with Crippen molar-refractivity contribution in [3.05, 3.63) is 40.4 Å². The Morgan fingerprint density at radius 3 is 2.89 bits per heavy atom. The molecule has 0 spiro atoms. The normalized spacial score (nSPS) is 12.6. The molecular weight excluding hydrogens is 314 g/mol. The molecule has 0 fully saturated rings. The lowest BCUT2D eigenvalue weighted by Gasteiger charge is -2.12. The zero-order valence-electron chi connectivity index (χ0n) is 10.2. The zero-order valence-corrected chi connectivity index (χ0v) is 11.8. The van der Waals surface area contributed by atoms with Crippen molar-refractivity contribution >= 4 is 21.8 Å². The van der Waals surface area contributed by atoms with Crippen molar-refractivity contribution in [2.24, 2.45) is 0 Å². The van der Waals surface area contributed by atoms with Crippen molar-refractivity contribution in [1.82, 2.24) is 5.48 Å². The fourth-order valence-corrected chi connectivity index (χ4v) is 1.98. The van der Waals surface area contributed by atoms with E-state index in [1.807, 2.05) is 0 Å². The van der Waals surface area contributed by atoms with Crippen LogP contribution in [0.15, 0.2) is 34.8 Å². The summed E-state index contributed by atoms with van der Waals surface area (Å²) in [6.45, 7) is 0.